The van der Waals surface area contributed by atoms with Gasteiger partial charge in [-0.3, -0.25) is 0 Å². The Labute approximate surface area is 104 Å². The molecule has 0 bridgehead atoms. The largest absolute Gasteiger partial charge is 0.238 e. The Balaban J connectivity index is 2.51. The van der Waals surface area contributed by atoms with Crippen molar-refractivity contribution in [1.82, 2.24) is 4.98 Å². The van der Waals surface area contributed by atoms with Gasteiger partial charge in [-0.25, -0.2) is 18.5 Å². The third kappa shape index (κ3) is 2.55. The standard InChI is InChI=1S/C12H11FN2O2S/c1-8-6-10(18(14,16)17)3-4-11(8)9-2-5-12(13)15-7-9/h2-7H,1H3,(H2,14,16,17). The lowest BCUT2D eigenvalue weighted by Gasteiger charge is -2.07. The molecule has 0 atom stereocenters. The molecule has 4 nitrogen and oxygen atoms in total. The molecule has 1 aromatic heterocycles. The van der Waals surface area contributed by atoms with Crippen molar-refractivity contribution < 1.29 is 12.8 Å². The lowest BCUT2D eigenvalue weighted by atomic mass is 10.0. The molecular weight excluding hydrogens is 255 g/mol. The Morgan fingerprint density at radius 3 is 2.44 bits per heavy atom. The highest BCUT2D eigenvalue weighted by Crippen LogP contribution is 2.24. The number of nitrogens with two attached hydrogens (primary N) is 1. The minimum atomic E-state index is -3.71. The van der Waals surface area contributed by atoms with Crippen molar-refractivity contribution in [2.24, 2.45) is 5.14 Å². The zero-order valence-corrected chi connectivity index (χ0v) is 10.4. The van der Waals surface area contributed by atoms with Crippen LogP contribution in [-0.2, 0) is 10.0 Å². The third-order valence-corrected chi connectivity index (χ3v) is 3.48. The van der Waals surface area contributed by atoms with Crippen LogP contribution < -0.4 is 5.14 Å². The van der Waals surface area contributed by atoms with E-state index in [1.807, 2.05) is 0 Å². The van der Waals surface area contributed by atoms with Crippen molar-refractivity contribution in [1.29, 1.82) is 0 Å². The van der Waals surface area contributed by atoms with Gasteiger partial charge in [0.15, 0.2) is 0 Å². The molecule has 2 rings (SSSR count). The quantitative estimate of drug-likeness (QED) is 0.843. The van der Waals surface area contributed by atoms with Crippen LogP contribution in [0.15, 0.2) is 41.4 Å². The van der Waals surface area contributed by atoms with E-state index in [0.717, 1.165) is 16.7 Å². The zero-order valence-electron chi connectivity index (χ0n) is 9.59. The number of sulfonamides is 1. The number of hydrogen-bond donors (Lipinski definition) is 1. The fourth-order valence-electron chi connectivity index (χ4n) is 1.67. The summed E-state index contributed by atoms with van der Waals surface area (Å²) in [6, 6.07) is 7.36. The lowest BCUT2D eigenvalue weighted by molar-refractivity contribution is 0.584. The maximum atomic E-state index is 12.7. The fraction of sp³-hybridized carbons (Fsp3) is 0.0833. The third-order valence-electron chi connectivity index (χ3n) is 2.56. The van der Waals surface area contributed by atoms with Crippen molar-refractivity contribution in [3.63, 3.8) is 0 Å². The van der Waals surface area contributed by atoms with E-state index in [1.165, 1.54) is 24.4 Å². The fourth-order valence-corrected chi connectivity index (χ4v) is 2.27. The summed E-state index contributed by atoms with van der Waals surface area (Å²) in [6.45, 7) is 1.76. The lowest BCUT2D eigenvalue weighted by Crippen LogP contribution is -2.12. The zero-order chi connectivity index (χ0) is 13.3. The Morgan fingerprint density at radius 1 is 1.22 bits per heavy atom. The van der Waals surface area contributed by atoms with E-state index in [1.54, 1.807) is 19.1 Å². The summed E-state index contributed by atoms with van der Waals surface area (Å²) in [4.78, 5) is 3.61. The van der Waals surface area contributed by atoms with Gasteiger partial charge in [0.05, 0.1) is 4.90 Å². The summed E-state index contributed by atoms with van der Waals surface area (Å²) in [5.74, 6) is -0.558. The van der Waals surface area contributed by atoms with Crippen molar-refractivity contribution >= 4 is 10.0 Å². The molecule has 2 aromatic rings. The van der Waals surface area contributed by atoms with Crippen LogP contribution in [0.25, 0.3) is 11.1 Å². The van der Waals surface area contributed by atoms with Gasteiger partial charge in [0, 0.05) is 11.8 Å². The van der Waals surface area contributed by atoms with E-state index in [0.29, 0.717) is 0 Å². The van der Waals surface area contributed by atoms with E-state index >= 15 is 0 Å². The van der Waals surface area contributed by atoms with Crippen LogP contribution in [0.1, 0.15) is 5.56 Å². The SMILES string of the molecule is Cc1cc(S(N)(=O)=O)ccc1-c1ccc(F)nc1. The Hall–Kier alpha value is -1.79. The first-order valence-corrected chi connectivity index (χ1v) is 6.68. The number of aryl methyl sites for hydroxylation is 1. The normalized spacial score (nSPS) is 11.5. The molecule has 0 unspecified atom stereocenters. The van der Waals surface area contributed by atoms with E-state index in [-0.39, 0.29) is 4.90 Å². The first-order valence-electron chi connectivity index (χ1n) is 5.13. The highest BCUT2D eigenvalue weighted by Gasteiger charge is 2.10. The van der Waals surface area contributed by atoms with Crippen LogP contribution in [0.3, 0.4) is 0 Å². The molecule has 0 saturated carbocycles. The first-order chi connectivity index (χ1) is 8.38. The topological polar surface area (TPSA) is 73.1 Å². The molecule has 1 aromatic carbocycles. The minimum Gasteiger partial charge on any atom is -0.228 e. The highest BCUT2D eigenvalue weighted by molar-refractivity contribution is 7.89. The molecule has 94 valence electrons. The predicted octanol–water partition coefficient (Wildman–Crippen LogP) is 1.84. The van der Waals surface area contributed by atoms with Crippen LogP contribution in [0.4, 0.5) is 4.39 Å². The van der Waals surface area contributed by atoms with Gasteiger partial charge in [0.1, 0.15) is 0 Å². The monoisotopic (exact) mass is 266 g/mol. The van der Waals surface area contributed by atoms with Gasteiger partial charge in [-0.2, -0.15) is 4.39 Å². The molecule has 2 N–H and O–H groups in total. The molecular formula is C12H11FN2O2S. The van der Waals surface area contributed by atoms with Crippen molar-refractivity contribution in [3.05, 3.63) is 48.0 Å². The number of primary sulfonamides is 1. The molecule has 1 heterocycles. The second-order valence-electron chi connectivity index (χ2n) is 3.89. The molecule has 18 heavy (non-hydrogen) atoms. The number of nitrogens with zero attached hydrogens (tertiary/aromatic N) is 1. The van der Waals surface area contributed by atoms with Crippen molar-refractivity contribution in [2.75, 3.05) is 0 Å². The number of aromatic nitrogens is 1. The van der Waals surface area contributed by atoms with Gasteiger partial charge in [0.25, 0.3) is 0 Å². The van der Waals surface area contributed by atoms with Gasteiger partial charge in [-0.1, -0.05) is 6.07 Å². The molecule has 0 aliphatic rings. The second-order valence-corrected chi connectivity index (χ2v) is 5.45. The van der Waals surface area contributed by atoms with Gasteiger partial charge < -0.3 is 0 Å². The van der Waals surface area contributed by atoms with Crippen LogP contribution in [0.5, 0.6) is 0 Å². The number of pyridine rings is 1. The van der Waals surface area contributed by atoms with E-state index in [9.17, 15) is 12.8 Å². The van der Waals surface area contributed by atoms with Gasteiger partial charge in [0.2, 0.25) is 16.0 Å². The highest BCUT2D eigenvalue weighted by atomic mass is 32.2. The summed E-state index contributed by atoms with van der Waals surface area (Å²) in [5, 5.41) is 5.04. The Kier molecular flexibility index (Phi) is 3.14. The smallest absolute Gasteiger partial charge is 0.228 e. The predicted molar refractivity (Wildman–Crippen MR) is 65.7 cm³/mol. The molecule has 0 fully saturated rings. The second kappa shape index (κ2) is 4.47. The maximum absolute atomic E-state index is 12.7. The van der Waals surface area contributed by atoms with Crippen LogP contribution in [-0.4, -0.2) is 13.4 Å². The van der Waals surface area contributed by atoms with Crippen LogP contribution >= 0.6 is 0 Å². The number of benzene rings is 1. The van der Waals surface area contributed by atoms with E-state index in [4.69, 9.17) is 5.14 Å². The Morgan fingerprint density at radius 2 is 1.94 bits per heavy atom. The molecule has 0 saturated heterocycles. The minimum absolute atomic E-state index is 0.0545. The van der Waals surface area contributed by atoms with E-state index in [2.05, 4.69) is 4.98 Å². The average Bonchev–Trinajstić information content (AvgIpc) is 2.29. The molecule has 0 radical (unpaired) electrons. The number of rotatable bonds is 2. The van der Waals surface area contributed by atoms with Gasteiger partial charge in [-0.15, -0.1) is 0 Å². The van der Waals surface area contributed by atoms with E-state index < -0.39 is 16.0 Å². The molecule has 0 aliphatic carbocycles. The average molecular weight is 266 g/mol. The molecule has 0 aliphatic heterocycles. The summed E-state index contributed by atoms with van der Waals surface area (Å²) < 4.78 is 35.1. The van der Waals surface area contributed by atoms with Crippen LogP contribution in [0, 0.1) is 12.9 Å². The first kappa shape index (κ1) is 12.7. The summed E-state index contributed by atoms with van der Waals surface area (Å²) in [6.07, 6.45) is 1.40. The van der Waals surface area contributed by atoms with Gasteiger partial charge in [-0.05, 0) is 42.3 Å². The Bertz CT molecular complexity index is 682. The molecule has 0 spiro atoms. The van der Waals surface area contributed by atoms with Crippen molar-refractivity contribution in [2.45, 2.75) is 11.8 Å². The molecule has 6 heteroatoms. The number of halogens is 1. The number of hydrogen-bond acceptors (Lipinski definition) is 3. The summed E-state index contributed by atoms with van der Waals surface area (Å²) in [5.41, 5.74) is 2.24. The van der Waals surface area contributed by atoms with Gasteiger partial charge >= 0.3 is 0 Å². The maximum Gasteiger partial charge on any atom is 0.238 e. The summed E-state index contributed by atoms with van der Waals surface area (Å²) >= 11 is 0. The van der Waals surface area contributed by atoms with Crippen LogP contribution in [0.2, 0.25) is 0 Å². The molecule has 0 amide bonds. The summed E-state index contributed by atoms with van der Waals surface area (Å²) in [7, 11) is -3.71. The van der Waals surface area contributed by atoms with Crippen molar-refractivity contribution in [3.8, 4) is 11.1 Å².